The molecule has 0 radical (unpaired) electrons. The summed E-state index contributed by atoms with van der Waals surface area (Å²) in [6.07, 6.45) is 7.46. The fraction of sp³-hybridized carbons (Fsp3) is 0.643. The fourth-order valence-corrected chi connectivity index (χ4v) is 5.78. The lowest BCUT2D eigenvalue weighted by atomic mass is 9.75. The number of nitrogens with zero attached hydrogens (tertiary/aromatic N) is 1. The number of amides is 1. The number of rotatable bonds is 7. The molecule has 0 bridgehead atoms. The quantitative estimate of drug-likeness (QED) is 0.569. The molecular formula is C28H41N3O3. The Kier molecular flexibility index (Phi) is 7.97. The number of nitrogens with one attached hydrogen (secondary N) is 1. The fourth-order valence-electron chi connectivity index (χ4n) is 5.78. The third kappa shape index (κ3) is 6.01. The summed E-state index contributed by atoms with van der Waals surface area (Å²) >= 11 is 0. The average Bonchev–Trinajstić information content (AvgIpc) is 2.78. The third-order valence-electron chi connectivity index (χ3n) is 7.68. The van der Waals surface area contributed by atoms with Crippen LogP contribution in [0.4, 0.5) is 5.69 Å². The first-order valence-corrected chi connectivity index (χ1v) is 13.0. The second-order valence-corrected chi connectivity index (χ2v) is 10.8. The van der Waals surface area contributed by atoms with Gasteiger partial charge >= 0.3 is 0 Å². The Morgan fingerprint density at radius 2 is 1.94 bits per heavy atom. The van der Waals surface area contributed by atoms with E-state index < -0.39 is 0 Å². The van der Waals surface area contributed by atoms with Crippen molar-refractivity contribution in [2.45, 2.75) is 90.9 Å². The first-order valence-electron chi connectivity index (χ1n) is 13.0. The van der Waals surface area contributed by atoms with Crippen LogP contribution in [0.2, 0.25) is 0 Å². The largest absolute Gasteiger partial charge is 0.490 e. The molecule has 1 aromatic heterocycles. The summed E-state index contributed by atoms with van der Waals surface area (Å²) in [6, 6.07) is 7.98. The molecule has 2 aliphatic rings. The Hall–Kier alpha value is -2.34. The number of nitrogen functional groups attached to an aromatic ring is 1. The number of benzene rings is 1. The molecule has 186 valence electrons. The van der Waals surface area contributed by atoms with E-state index in [1.54, 1.807) is 0 Å². The molecule has 2 aromatic rings. The van der Waals surface area contributed by atoms with Crippen molar-refractivity contribution in [3.8, 4) is 5.75 Å². The molecule has 1 aromatic carbocycles. The summed E-state index contributed by atoms with van der Waals surface area (Å²) in [4.78, 5) is 17.2. The summed E-state index contributed by atoms with van der Waals surface area (Å²) in [5, 5.41) is 4.08. The molecule has 2 saturated carbocycles. The molecule has 0 saturated heterocycles. The van der Waals surface area contributed by atoms with Crippen molar-refractivity contribution < 1.29 is 14.3 Å². The van der Waals surface area contributed by atoms with Gasteiger partial charge in [0.05, 0.1) is 23.1 Å². The number of hydrogen-bond donors (Lipinski definition) is 2. The molecule has 3 atom stereocenters. The molecule has 2 fully saturated rings. The zero-order chi connectivity index (χ0) is 24.2. The average molecular weight is 468 g/mol. The number of ether oxygens (including phenoxy) is 2. The highest BCUT2D eigenvalue weighted by Crippen LogP contribution is 2.35. The summed E-state index contributed by atoms with van der Waals surface area (Å²) in [5.41, 5.74) is 8.74. The number of aryl methyl sites for hydroxylation is 1. The molecule has 2 aliphatic carbocycles. The van der Waals surface area contributed by atoms with Crippen LogP contribution in [0.5, 0.6) is 5.75 Å². The molecular weight excluding hydrogens is 426 g/mol. The Bertz CT molecular complexity index is 984. The van der Waals surface area contributed by atoms with E-state index >= 15 is 0 Å². The zero-order valence-corrected chi connectivity index (χ0v) is 21.2. The second kappa shape index (κ2) is 10.9. The SMILES string of the molecule is Cc1cc(N)c2c(O[C@H]3CC[C@H](NC(=O)CO[C@@H]4C[C@H](C)CC[C@H]4C(C)C)CC3)cccc2n1. The molecule has 3 N–H and O–H groups in total. The van der Waals surface area contributed by atoms with Crippen LogP contribution in [-0.4, -0.2) is 35.7 Å². The highest BCUT2D eigenvalue weighted by molar-refractivity contribution is 5.95. The van der Waals surface area contributed by atoms with Crippen molar-refractivity contribution in [3.05, 3.63) is 30.0 Å². The van der Waals surface area contributed by atoms with Gasteiger partial charge in [0.25, 0.3) is 0 Å². The van der Waals surface area contributed by atoms with Gasteiger partial charge in [-0.05, 0) is 81.4 Å². The molecule has 34 heavy (non-hydrogen) atoms. The predicted molar refractivity (Wildman–Crippen MR) is 137 cm³/mol. The lowest BCUT2D eigenvalue weighted by Crippen LogP contribution is -2.43. The van der Waals surface area contributed by atoms with Crippen molar-refractivity contribution in [2.24, 2.45) is 17.8 Å². The normalized spacial score (nSPS) is 27.6. The first-order chi connectivity index (χ1) is 16.3. The van der Waals surface area contributed by atoms with Crippen LogP contribution in [0.1, 0.15) is 71.4 Å². The standard InChI is InChI=1S/C28H41N3O3/c1-17(2)22-13-8-18(3)14-26(22)33-16-27(32)31-20-9-11-21(12-10-20)34-25-7-5-6-24-28(25)23(29)15-19(4)30-24/h5-7,15,17-18,20-22,26H,8-14,16H2,1-4H3,(H2,29,30)(H,31,32)/t18-,20-,21-,22+,26-/m1/s1. The van der Waals surface area contributed by atoms with Gasteiger partial charge in [-0.25, -0.2) is 0 Å². The number of nitrogens with two attached hydrogens (primary N) is 1. The smallest absolute Gasteiger partial charge is 0.246 e. The minimum absolute atomic E-state index is 0.00775. The molecule has 4 rings (SSSR count). The Labute approximate surface area is 204 Å². The maximum Gasteiger partial charge on any atom is 0.246 e. The van der Waals surface area contributed by atoms with Crippen molar-refractivity contribution in [3.63, 3.8) is 0 Å². The Morgan fingerprint density at radius 3 is 2.68 bits per heavy atom. The van der Waals surface area contributed by atoms with Gasteiger partial charge < -0.3 is 20.5 Å². The highest BCUT2D eigenvalue weighted by Gasteiger charge is 2.32. The van der Waals surface area contributed by atoms with Crippen LogP contribution in [0.15, 0.2) is 24.3 Å². The Balaban J connectivity index is 1.25. The van der Waals surface area contributed by atoms with Gasteiger partial charge in [-0.3, -0.25) is 9.78 Å². The van der Waals surface area contributed by atoms with E-state index in [4.69, 9.17) is 15.2 Å². The van der Waals surface area contributed by atoms with E-state index in [0.717, 1.165) is 54.5 Å². The molecule has 6 heteroatoms. The van der Waals surface area contributed by atoms with Crippen LogP contribution < -0.4 is 15.8 Å². The number of pyridine rings is 1. The number of aromatic nitrogens is 1. The highest BCUT2D eigenvalue weighted by atomic mass is 16.5. The number of carbonyl (C=O) groups is 1. The predicted octanol–water partition coefficient (Wildman–Crippen LogP) is 5.41. The van der Waals surface area contributed by atoms with Gasteiger partial charge in [0, 0.05) is 17.4 Å². The molecule has 0 spiro atoms. The summed E-state index contributed by atoms with van der Waals surface area (Å²) < 4.78 is 12.5. The molecule has 1 amide bonds. The van der Waals surface area contributed by atoms with Crippen LogP contribution in [-0.2, 0) is 9.53 Å². The molecule has 6 nitrogen and oxygen atoms in total. The monoisotopic (exact) mass is 467 g/mol. The van der Waals surface area contributed by atoms with E-state index in [2.05, 4.69) is 31.1 Å². The summed E-state index contributed by atoms with van der Waals surface area (Å²) in [7, 11) is 0. The number of fused-ring (bicyclic) bond motifs is 1. The summed E-state index contributed by atoms with van der Waals surface area (Å²) in [5.74, 6) is 2.62. The van der Waals surface area contributed by atoms with E-state index in [1.165, 1.54) is 12.8 Å². The maximum atomic E-state index is 12.6. The number of anilines is 1. The van der Waals surface area contributed by atoms with Crippen molar-refractivity contribution in [2.75, 3.05) is 12.3 Å². The topological polar surface area (TPSA) is 86.5 Å². The number of carbonyl (C=O) groups excluding carboxylic acids is 1. The minimum atomic E-state index is 0.00775. The lowest BCUT2D eigenvalue weighted by Gasteiger charge is -2.37. The van der Waals surface area contributed by atoms with E-state index in [-0.39, 0.29) is 30.8 Å². The van der Waals surface area contributed by atoms with Gasteiger partial charge in [0.2, 0.25) is 5.91 Å². The Morgan fingerprint density at radius 1 is 1.18 bits per heavy atom. The third-order valence-corrected chi connectivity index (χ3v) is 7.68. The first kappa shape index (κ1) is 24.8. The molecule has 1 heterocycles. The van der Waals surface area contributed by atoms with Crippen LogP contribution in [0.25, 0.3) is 10.9 Å². The summed E-state index contributed by atoms with van der Waals surface area (Å²) in [6.45, 7) is 8.93. The lowest BCUT2D eigenvalue weighted by molar-refractivity contribution is -0.132. The van der Waals surface area contributed by atoms with Crippen LogP contribution >= 0.6 is 0 Å². The molecule has 0 aliphatic heterocycles. The van der Waals surface area contributed by atoms with Crippen LogP contribution in [0, 0.1) is 24.7 Å². The van der Waals surface area contributed by atoms with Gasteiger partial charge in [0.15, 0.2) is 0 Å². The minimum Gasteiger partial charge on any atom is -0.490 e. The van der Waals surface area contributed by atoms with Gasteiger partial charge in [0.1, 0.15) is 12.4 Å². The van der Waals surface area contributed by atoms with Crippen molar-refractivity contribution in [1.29, 1.82) is 0 Å². The van der Waals surface area contributed by atoms with Gasteiger partial charge in [-0.2, -0.15) is 0 Å². The van der Waals surface area contributed by atoms with E-state index in [0.29, 0.717) is 23.4 Å². The van der Waals surface area contributed by atoms with E-state index in [1.807, 2.05) is 31.2 Å². The van der Waals surface area contributed by atoms with Crippen molar-refractivity contribution >= 4 is 22.5 Å². The second-order valence-electron chi connectivity index (χ2n) is 10.8. The van der Waals surface area contributed by atoms with Gasteiger partial charge in [-0.1, -0.05) is 33.3 Å². The van der Waals surface area contributed by atoms with Crippen LogP contribution in [0.3, 0.4) is 0 Å². The maximum absolute atomic E-state index is 12.6. The molecule has 0 unspecified atom stereocenters. The van der Waals surface area contributed by atoms with E-state index in [9.17, 15) is 4.79 Å². The zero-order valence-electron chi connectivity index (χ0n) is 21.2. The van der Waals surface area contributed by atoms with Crippen molar-refractivity contribution in [1.82, 2.24) is 10.3 Å². The van der Waals surface area contributed by atoms with Gasteiger partial charge in [-0.15, -0.1) is 0 Å². The number of hydrogen-bond acceptors (Lipinski definition) is 5.